The largest absolute Gasteiger partial charge is 0.491 e. The van der Waals surface area contributed by atoms with E-state index in [2.05, 4.69) is 26.8 Å². The average Bonchev–Trinajstić information content (AvgIpc) is 2.65. The summed E-state index contributed by atoms with van der Waals surface area (Å²) in [6.07, 6.45) is 1.01. The van der Waals surface area contributed by atoms with E-state index in [1.165, 1.54) is 0 Å². The maximum atomic E-state index is 12.1. The molecule has 0 heterocycles. The van der Waals surface area contributed by atoms with Gasteiger partial charge in [-0.2, -0.15) is 0 Å². The van der Waals surface area contributed by atoms with Gasteiger partial charge in [0.15, 0.2) is 6.61 Å². The molecule has 144 valence electrons. The highest BCUT2D eigenvalue weighted by Crippen LogP contribution is 2.25. The monoisotopic (exact) mass is 434 g/mol. The van der Waals surface area contributed by atoms with Crippen molar-refractivity contribution in [1.29, 1.82) is 0 Å². The Hall–Kier alpha value is -2.54. The summed E-state index contributed by atoms with van der Waals surface area (Å²) in [5.74, 6) is 0.364. The molecule has 0 aromatic heterocycles. The molecule has 2 rings (SSSR count). The van der Waals surface area contributed by atoms with Gasteiger partial charge in [0, 0.05) is 5.56 Å². The smallest absolute Gasteiger partial charge is 0.276 e. The minimum atomic E-state index is -0.465. The van der Waals surface area contributed by atoms with Gasteiger partial charge >= 0.3 is 0 Å². The van der Waals surface area contributed by atoms with Crippen molar-refractivity contribution >= 4 is 27.7 Å². The van der Waals surface area contributed by atoms with E-state index in [9.17, 15) is 9.59 Å². The molecule has 2 aromatic carbocycles. The van der Waals surface area contributed by atoms with Crippen LogP contribution in [0.5, 0.6) is 11.5 Å². The van der Waals surface area contributed by atoms with Gasteiger partial charge in [-0.25, -0.2) is 0 Å². The molecule has 2 N–H and O–H groups in total. The Morgan fingerprint density at radius 1 is 1.11 bits per heavy atom. The highest BCUT2D eigenvalue weighted by molar-refractivity contribution is 9.10. The molecule has 7 heteroatoms. The van der Waals surface area contributed by atoms with E-state index in [1.54, 1.807) is 30.3 Å². The number of carbonyl (C=O) groups excluding carboxylic acids is 2. The van der Waals surface area contributed by atoms with E-state index in [4.69, 9.17) is 9.47 Å². The van der Waals surface area contributed by atoms with Crippen LogP contribution >= 0.6 is 15.9 Å². The van der Waals surface area contributed by atoms with E-state index < -0.39 is 11.8 Å². The molecule has 0 saturated heterocycles. The normalized spacial score (nSPS) is 11.4. The second kappa shape index (κ2) is 9.97. The van der Waals surface area contributed by atoms with Crippen molar-refractivity contribution in [3.63, 3.8) is 0 Å². The highest BCUT2D eigenvalue weighted by atomic mass is 79.9. The lowest BCUT2D eigenvalue weighted by atomic mass is 10.2. The van der Waals surface area contributed by atoms with Crippen LogP contribution in [0.4, 0.5) is 0 Å². The summed E-state index contributed by atoms with van der Waals surface area (Å²) in [7, 11) is 0. The fourth-order valence-electron chi connectivity index (χ4n) is 2.10. The first-order valence-electron chi connectivity index (χ1n) is 8.64. The number of hydrogen-bond donors (Lipinski definition) is 2. The summed E-state index contributed by atoms with van der Waals surface area (Å²) in [6.45, 7) is 5.76. The number of ether oxygens (including phenoxy) is 2. The molecule has 0 aliphatic rings. The number of benzene rings is 2. The molecule has 0 saturated carbocycles. The van der Waals surface area contributed by atoms with Crippen molar-refractivity contribution in [1.82, 2.24) is 10.9 Å². The third kappa shape index (κ3) is 6.60. The van der Waals surface area contributed by atoms with E-state index in [1.807, 2.05) is 32.9 Å². The molecule has 0 radical (unpaired) electrons. The van der Waals surface area contributed by atoms with Crippen LogP contribution in [-0.2, 0) is 4.79 Å². The highest BCUT2D eigenvalue weighted by Gasteiger charge is 2.10. The van der Waals surface area contributed by atoms with Gasteiger partial charge in [-0.15, -0.1) is 0 Å². The summed E-state index contributed by atoms with van der Waals surface area (Å²) in [5, 5.41) is 0. The van der Waals surface area contributed by atoms with E-state index in [0.29, 0.717) is 17.1 Å². The predicted octanol–water partition coefficient (Wildman–Crippen LogP) is 3.77. The molecule has 2 aromatic rings. The Bertz CT molecular complexity index is 793. The van der Waals surface area contributed by atoms with Gasteiger partial charge in [0.05, 0.1) is 10.6 Å². The number of nitrogens with one attached hydrogen (secondary N) is 2. The first kappa shape index (κ1) is 20.8. The summed E-state index contributed by atoms with van der Waals surface area (Å²) < 4.78 is 11.9. The number of aryl methyl sites for hydroxylation is 1. The van der Waals surface area contributed by atoms with Crippen LogP contribution in [-0.4, -0.2) is 24.5 Å². The topological polar surface area (TPSA) is 76.7 Å². The molecule has 6 nitrogen and oxygen atoms in total. The average molecular weight is 435 g/mol. The molecule has 2 amide bonds. The Balaban J connectivity index is 1.79. The van der Waals surface area contributed by atoms with Gasteiger partial charge in [-0.1, -0.05) is 13.0 Å². The molecule has 0 spiro atoms. The number of hydrazine groups is 1. The quantitative estimate of drug-likeness (QED) is 0.650. The molecule has 0 aliphatic carbocycles. The number of amides is 2. The van der Waals surface area contributed by atoms with Crippen molar-refractivity contribution in [3.8, 4) is 11.5 Å². The number of hydrogen-bond acceptors (Lipinski definition) is 4. The lowest BCUT2D eigenvalue weighted by Crippen LogP contribution is -2.43. The van der Waals surface area contributed by atoms with Crippen LogP contribution in [0.2, 0.25) is 0 Å². The lowest BCUT2D eigenvalue weighted by Gasteiger charge is -2.13. The third-order valence-corrected chi connectivity index (χ3v) is 4.41. The van der Waals surface area contributed by atoms with E-state index >= 15 is 0 Å². The molecule has 0 fully saturated rings. The molecule has 0 aliphatic heterocycles. The zero-order valence-corrected chi connectivity index (χ0v) is 17.1. The van der Waals surface area contributed by atoms with Crippen molar-refractivity contribution in [2.45, 2.75) is 33.3 Å². The van der Waals surface area contributed by atoms with Crippen molar-refractivity contribution in [2.24, 2.45) is 0 Å². The van der Waals surface area contributed by atoms with Gasteiger partial charge in [0.25, 0.3) is 11.8 Å². The maximum Gasteiger partial charge on any atom is 0.276 e. The molecule has 27 heavy (non-hydrogen) atoms. The van der Waals surface area contributed by atoms with Crippen LogP contribution < -0.4 is 20.3 Å². The summed E-state index contributed by atoms with van der Waals surface area (Å²) in [4.78, 5) is 23.9. The SMILES string of the molecule is CCC(C)Oc1ccc(C(=O)NNC(=O)COc2ccc(C)cc2Br)cc1. The van der Waals surface area contributed by atoms with Gasteiger partial charge in [-0.3, -0.25) is 20.4 Å². The second-order valence-corrected chi connectivity index (χ2v) is 6.94. The molecule has 0 bridgehead atoms. The first-order valence-corrected chi connectivity index (χ1v) is 9.43. The number of halogens is 1. The molecule has 1 atom stereocenters. The van der Waals surface area contributed by atoms with Crippen LogP contribution in [0.15, 0.2) is 46.9 Å². The molecule has 1 unspecified atom stereocenters. The molecular formula is C20H23BrN2O4. The van der Waals surface area contributed by atoms with Crippen LogP contribution in [0.1, 0.15) is 36.2 Å². The standard InChI is InChI=1S/C20H23BrN2O4/c1-4-14(3)27-16-8-6-15(7-9-16)20(25)23-22-19(24)12-26-18-10-5-13(2)11-17(18)21/h5-11,14H,4,12H2,1-3H3,(H,22,24)(H,23,25). The fourth-order valence-corrected chi connectivity index (χ4v) is 2.71. The van der Waals surface area contributed by atoms with Gasteiger partial charge < -0.3 is 9.47 Å². The van der Waals surface area contributed by atoms with Gasteiger partial charge in [-0.05, 0) is 78.2 Å². The predicted molar refractivity (Wildman–Crippen MR) is 107 cm³/mol. The first-order chi connectivity index (χ1) is 12.9. The van der Waals surface area contributed by atoms with E-state index in [0.717, 1.165) is 16.5 Å². The number of rotatable bonds is 7. The minimum absolute atomic E-state index is 0.109. The fraction of sp³-hybridized carbons (Fsp3) is 0.300. The van der Waals surface area contributed by atoms with Crippen molar-refractivity contribution < 1.29 is 19.1 Å². The Morgan fingerprint density at radius 2 is 1.81 bits per heavy atom. The zero-order valence-electron chi connectivity index (χ0n) is 15.5. The Labute approximate surface area is 167 Å². The number of carbonyl (C=O) groups is 2. The Morgan fingerprint density at radius 3 is 2.44 bits per heavy atom. The van der Waals surface area contributed by atoms with E-state index in [-0.39, 0.29) is 12.7 Å². The molecular weight excluding hydrogens is 412 g/mol. The second-order valence-electron chi connectivity index (χ2n) is 6.09. The van der Waals surface area contributed by atoms with Crippen LogP contribution in [0.3, 0.4) is 0 Å². The Kier molecular flexibility index (Phi) is 7.67. The van der Waals surface area contributed by atoms with Crippen molar-refractivity contribution in [2.75, 3.05) is 6.61 Å². The van der Waals surface area contributed by atoms with Crippen LogP contribution in [0.25, 0.3) is 0 Å². The minimum Gasteiger partial charge on any atom is -0.491 e. The van der Waals surface area contributed by atoms with Gasteiger partial charge in [0.1, 0.15) is 11.5 Å². The summed E-state index contributed by atoms with van der Waals surface area (Å²) in [5.41, 5.74) is 6.17. The summed E-state index contributed by atoms with van der Waals surface area (Å²) in [6, 6.07) is 12.3. The lowest BCUT2D eigenvalue weighted by molar-refractivity contribution is -0.123. The van der Waals surface area contributed by atoms with Gasteiger partial charge in [0.2, 0.25) is 0 Å². The van der Waals surface area contributed by atoms with Crippen molar-refractivity contribution in [3.05, 3.63) is 58.1 Å². The summed E-state index contributed by atoms with van der Waals surface area (Å²) >= 11 is 3.38. The zero-order chi connectivity index (χ0) is 19.8. The maximum absolute atomic E-state index is 12.1. The van der Waals surface area contributed by atoms with Crippen LogP contribution in [0, 0.1) is 6.92 Å². The third-order valence-electron chi connectivity index (χ3n) is 3.79.